The molecule has 1 N–H and O–H groups in total. The summed E-state index contributed by atoms with van der Waals surface area (Å²) in [4.78, 5) is 2.56. The maximum absolute atomic E-state index is 12.6. The van der Waals surface area contributed by atoms with Crippen molar-refractivity contribution in [2.75, 3.05) is 33.4 Å². The van der Waals surface area contributed by atoms with Gasteiger partial charge in [0.05, 0.1) is 24.5 Å². The summed E-state index contributed by atoms with van der Waals surface area (Å²) in [6, 6.07) is 2.04. The van der Waals surface area contributed by atoms with E-state index in [1.54, 1.807) is 6.20 Å². The lowest BCUT2D eigenvalue weighted by atomic mass is 9.43. The molecule has 36 heavy (non-hydrogen) atoms. The third-order valence-corrected chi connectivity index (χ3v) is 12.3. The van der Waals surface area contributed by atoms with Gasteiger partial charge in [0.15, 0.2) is 0 Å². The van der Waals surface area contributed by atoms with E-state index < -0.39 is 11.2 Å². The molecular formula is C30H47N3O3. The van der Waals surface area contributed by atoms with Crippen LogP contribution >= 0.6 is 0 Å². The molecule has 2 unspecified atom stereocenters. The Labute approximate surface area is 217 Å². The molecular weight excluding hydrogens is 450 g/mol. The van der Waals surface area contributed by atoms with Crippen LogP contribution in [0.15, 0.2) is 18.5 Å². The molecule has 200 valence electrons. The summed E-state index contributed by atoms with van der Waals surface area (Å²) in [6.45, 7) is 9.36. The molecule has 4 saturated carbocycles. The number of aromatic nitrogens is 2. The molecule has 5 fully saturated rings. The van der Waals surface area contributed by atoms with Gasteiger partial charge in [0.1, 0.15) is 5.60 Å². The van der Waals surface area contributed by atoms with Crippen molar-refractivity contribution in [1.82, 2.24) is 15.1 Å². The number of hydrogen-bond acceptors (Lipinski definition) is 6. The van der Waals surface area contributed by atoms with Crippen molar-refractivity contribution in [1.29, 1.82) is 0 Å². The zero-order valence-electron chi connectivity index (χ0n) is 22.8. The second-order valence-corrected chi connectivity index (χ2v) is 13.3. The lowest BCUT2D eigenvalue weighted by Crippen LogP contribution is -2.64. The molecule has 0 bridgehead atoms. The molecule has 6 rings (SSSR count). The molecule has 6 heteroatoms. The van der Waals surface area contributed by atoms with E-state index in [0.29, 0.717) is 23.4 Å². The highest BCUT2D eigenvalue weighted by Crippen LogP contribution is 2.72. The Morgan fingerprint density at radius 2 is 1.83 bits per heavy atom. The normalized spacial score (nSPS) is 46.8. The minimum absolute atomic E-state index is 0.311. The molecule has 0 amide bonds. The summed E-state index contributed by atoms with van der Waals surface area (Å²) in [7, 11) is 1.83. The Balaban J connectivity index is 1.18. The number of rotatable bonds is 6. The maximum atomic E-state index is 12.6. The first-order valence-corrected chi connectivity index (χ1v) is 14.7. The average molecular weight is 498 g/mol. The van der Waals surface area contributed by atoms with Gasteiger partial charge in [-0.3, -0.25) is 0 Å². The van der Waals surface area contributed by atoms with Crippen molar-refractivity contribution < 1.29 is 14.6 Å². The number of methoxy groups -OCH3 is 1. The van der Waals surface area contributed by atoms with Crippen LogP contribution in [0.4, 0.5) is 0 Å². The van der Waals surface area contributed by atoms with Crippen LogP contribution in [0, 0.1) is 28.6 Å². The van der Waals surface area contributed by atoms with Gasteiger partial charge in [-0.25, -0.2) is 0 Å². The molecule has 1 saturated heterocycles. The monoisotopic (exact) mass is 497 g/mol. The average Bonchev–Trinajstić information content (AvgIpc) is 3.49. The molecule has 2 heterocycles. The Hall–Kier alpha value is -1.08. The molecule has 5 aliphatic rings. The highest BCUT2D eigenvalue weighted by molar-refractivity contribution is 5.31. The van der Waals surface area contributed by atoms with Gasteiger partial charge in [-0.1, -0.05) is 13.8 Å². The van der Waals surface area contributed by atoms with Crippen molar-refractivity contribution >= 4 is 0 Å². The van der Waals surface area contributed by atoms with Crippen LogP contribution in [0.1, 0.15) is 90.0 Å². The summed E-state index contributed by atoms with van der Waals surface area (Å²) in [5, 5.41) is 20.8. The summed E-state index contributed by atoms with van der Waals surface area (Å²) in [5.74, 6) is 1.65. The SMILES string of the molecule is CO[C@]1(c2ccnnc2)CC[C@]2(O)C3CC[C@@H]4C[C@@H](OCCN5CCCC5)CC[C@]4(C)C3CC[C@]12C. The van der Waals surface area contributed by atoms with E-state index in [2.05, 4.69) is 28.9 Å². The van der Waals surface area contributed by atoms with Crippen LogP contribution in [0.25, 0.3) is 0 Å². The number of aliphatic hydroxyl groups is 1. The van der Waals surface area contributed by atoms with Crippen molar-refractivity contribution in [3.63, 3.8) is 0 Å². The van der Waals surface area contributed by atoms with E-state index in [1.165, 1.54) is 58.0 Å². The van der Waals surface area contributed by atoms with Crippen molar-refractivity contribution in [2.45, 2.75) is 102 Å². The third-order valence-electron chi connectivity index (χ3n) is 12.3. The fourth-order valence-electron chi connectivity index (χ4n) is 10.1. The maximum Gasteiger partial charge on any atom is 0.102 e. The summed E-state index contributed by atoms with van der Waals surface area (Å²) >= 11 is 0. The van der Waals surface area contributed by atoms with E-state index >= 15 is 0 Å². The first kappa shape index (κ1) is 25.2. The van der Waals surface area contributed by atoms with Gasteiger partial charge in [-0.2, -0.15) is 10.2 Å². The number of ether oxygens (including phenoxy) is 2. The fourth-order valence-corrected chi connectivity index (χ4v) is 10.1. The molecule has 1 aromatic rings. The molecule has 1 aromatic heterocycles. The van der Waals surface area contributed by atoms with Crippen LogP contribution in [0.5, 0.6) is 0 Å². The highest BCUT2D eigenvalue weighted by atomic mass is 16.5. The second-order valence-electron chi connectivity index (χ2n) is 13.3. The van der Waals surface area contributed by atoms with Crippen LogP contribution in [0.2, 0.25) is 0 Å². The number of nitrogens with zero attached hydrogens (tertiary/aromatic N) is 3. The smallest absolute Gasteiger partial charge is 0.102 e. The predicted molar refractivity (Wildman–Crippen MR) is 139 cm³/mol. The van der Waals surface area contributed by atoms with E-state index in [-0.39, 0.29) is 5.41 Å². The van der Waals surface area contributed by atoms with Crippen LogP contribution < -0.4 is 0 Å². The zero-order valence-corrected chi connectivity index (χ0v) is 22.8. The molecule has 1 aliphatic heterocycles. The Morgan fingerprint density at radius 1 is 1.00 bits per heavy atom. The quantitative estimate of drug-likeness (QED) is 0.599. The van der Waals surface area contributed by atoms with Gasteiger partial charge in [0.25, 0.3) is 0 Å². The standard InChI is InChI=1S/C30H47N3O3/c1-27-11-8-24(36-19-18-33-16-4-5-17-33)20-22(27)6-7-26-25(27)9-12-28(2)29(26,34)13-14-30(28,35-3)23-10-15-31-32-21-23/h10,15,21-22,24-26,34H,4-9,11-14,16-20H2,1-3H3/t22-,24+,25?,26?,27+,28+,29+,30+/m1/s1. The fraction of sp³-hybridized carbons (Fsp3) is 0.867. The van der Waals surface area contributed by atoms with Crippen LogP contribution in [-0.2, 0) is 15.1 Å². The third kappa shape index (κ3) is 3.57. The van der Waals surface area contributed by atoms with E-state index in [4.69, 9.17) is 9.47 Å². The summed E-state index contributed by atoms with van der Waals surface area (Å²) in [5.41, 5.74) is -0.139. The van der Waals surface area contributed by atoms with Crippen molar-refractivity contribution in [3.8, 4) is 0 Å². The van der Waals surface area contributed by atoms with E-state index in [9.17, 15) is 5.11 Å². The summed E-state index contributed by atoms with van der Waals surface area (Å²) < 4.78 is 12.8. The van der Waals surface area contributed by atoms with Gasteiger partial charge in [-0.15, -0.1) is 0 Å². The van der Waals surface area contributed by atoms with Gasteiger partial charge in [0, 0.05) is 30.8 Å². The molecule has 0 radical (unpaired) electrons. The molecule has 6 nitrogen and oxygen atoms in total. The van der Waals surface area contributed by atoms with Crippen LogP contribution in [0.3, 0.4) is 0 Å². The number of fused-ring (bicyclic) bond motifs is 5. The van der Waals surface area contributed by atoms with Crippen molar-refractivity contribution in [2.24, 2.45) is 28.6 Å². The number of hydrogen-bond donors (Lipinski definition) is 1. The summed E-state index contributed by atoms with van der Waals surface area (Å²) in [6.07, 6.45) is 16.6. The Bertz CT molecular complexity index is 925. The molecule has 0 spiro atoms. The lowest BCUT2D eigenvalue weighted by molar-refractivity contribution is -0.244. The zero-order chi connectivity index (χ0) is 25.0. The van der Waals surface area contributed by atoms with Crippen LogP contribution in [-0.4, -0.2) is 65.3 Å². The Kier molecular flexibility index (Phi) is 6.50. The second kappa shape index (κ2) is 9.29. The molecule has 8 atom stereocenters. The minimum Gasteiger partial charge on any atom is -0.389 e. The molecule has 0 aromatic carbocycles. The first-order valence-electron chi connectivity index (χ1n) is 14.7. The predicted octanol–water partition coefficient (Wildman–Crippen LogP) is 4.96. The molecule has 4 aliphatic carbocycles. The minimum atomic E-state index is -0.702. The topological polar surface area (TPSA) is 67.7 Å². The van der Waals surface area contributed by atoms with Gasteiger partial charge >= 0.3 is 0 Å². The van der Waals surface area contributed by atoms with Gasteiger partial charge in [0.2, 0.25) is 0 Å². The first-order chi connectivity index (χ1) is 17.4. The Morgan fingerprint density at radius 3 is 2.58 bits per heavy atom. The van der Waals surface area contributed by atoms with Gasteiger partial charge < -0.3 is 19.5 Å². The van der Waals surface area contributed by atoms with E-state index in [0.717, 1.165) is 50.3 Å². The largest absolute Gasteiger partial charge is 0.389 e. The highest BCUT2D eigenvalue weighted by Gasteiger charge is 2.72. The van der Waals surface area contributed by atoms with Gasteiger partial charge in [-0.05, 0) is 113 Å². The lowest BCUT2D eigenvalue weighted by Gasteiger charge is -2.64. The van der Waals surface area contributed by atoms with E-state index in [1.807, 2.05) is 19.4 Å². The van der Waals surface area contributed by atoms with Crippen molar-refractivity contribution in [3.05, 3.63) is 24.0 Å². The number of likely N-dealkylation sites (tertiary alicyclic amines) is 1.